The smallest absolute Gasteiger partial charge is 0.340 e. The molecule has 5 heteroatoms. The van der Waals surface area contributed by atoms with Gasteiger partial charge in [-0.2, -0.15) is 0 Å². The van der Waals surface area contributed by atoms with Crippen molar-refractivity contribution in [1.82, 2.24) is 10.3 Å². The minimum atomic E-state index is -0.322. The highest BCUT2D eigenvalue weighted by atomic mass is 32.1. The molecule has 152 valence electrons. The third kappa shape index (κ3) is 4.13. The molecule has 0 spiro atoms. The minimum Gasteiger partial charge on any atom is -0.462 e. The van der Waals surface area contributed by atoms with Gasteiger partial charge in [-0.15, -0.1) is 11.3 Å². The molecule has 30 heavy (non-hydrogen) atoms. The van der Waals surface area contributed by atoms with E-state index in [1.165, 1.54) is 10.4 Å². The van der Waals surface area contributed by atoms with Gasteiger partial charge in [-0.3, -0.25) is 10.3 Å². The van der Waals surface area contributed by atoms with Crippen molar-refractivity contribution in [2.24, 2.45) is 0 Å². The van der Waals surface area contributed by atoms with Crippen LogP contribution in [0.1, 0.15) is 45.0 Å². The second-order valence-electron chi connectivity index (χ2n) is 7.04. The van der Waals surface area contributed by atoms with Gasteiger partial charge in [0, 0.05) is 16.8 Å². The number of nitrogens with one attached hydrogen (secondary N) is 1. The number of nitrogens with zero attached hydrogens (tertiary/aromatic N) is 1. The van der Waals surface area contributed by atoms with E-state index < -0.39 is 0 Å². The lowest BCUT2D eigenvalue weighted by Crippen LogP contribution is -2.24. The lowest BCUT2D eigenvalue weighted by atomic mass is 10.0. The van der Waals surface area contributed by atoms with Gasteiger partial charge in [0.15, 0.2) is 0 Å². The average molecular weight is 417 g/mol. The van der Waals surface area contributed by atoms with Crippen molar-refractivity contribution >= 4 is 28.2 Å². The molecule has 1 N–H and O–H groups in total. The van der Waals surface area contributed by atoms with Crippen LogP contribution in [0.25, 0.3) is 10.9 Å². The van der Waals surface area contributed by atoms with E-state index in [1.54, 1.807) is 11.3 Å². The summed E-state index contributed by atoms with van der Waals surface area (Å²) in [6, 6.07) is 22.4. The van der Waals surface area contributed by atoms with Crippen LogP contribution >= 0.6 is 11.3 Å². The third-order valence-electron chi connectivity index (χ3n) is 5.14. The number of aromatic nitrogens is 1. The molecule has 4 rings (SSSR count). The van der Waals surface area contributed by atoms with Crippen LogP contribution in [0.15, 0.2) is 72.1 Å². The number of carbonyl (C=O) groups is 1. The molecule has 0 aliphatic rings. The van der Waals surface area contributed by atoms with Gasteiger partial charge in [0.25, 0.3) is 0 Å². The lowest BCUT2D eigenvalue weighted by Gasteiger charge is -2.20. The van der Waals surface area contributed by atoms with Crippen molar-refractivity contribution in [2.45, 2.75) is 26.4 Å². The van der Waals surface area contributed by atoms with Crippen LogP contribution in [0, 0.1) is 6.92 Å². The summed E-state index contributed by atoms with van der Waals surface area (Å²) in [5, 5.41) is 6.68. The highest BCUT2D eigenvalue weighted by molar-refractivity contribution is 7.10. The van der Waals surface area contributed by atoms with Gasteiger partial charge in [0.1, 0.15) is 0 Å². The molecule has 2 aromatic carbocycles. The summed E-state index contributed by atoms with van der Waals surface area (Å²) in [6.07, 6.45) is 0. The topological polar surface area (TPSA) is 51.2 Å². The van der Waals surface area contributed by atoms with E-state index in [4.69, 9.17) is 9.72 Å². The van der Waals surface area contributed by atoms with E-state index in [2.05, 4.69) is 35.0 Å². The Morgan fingerprint density at radius 2 is 1.83 bits per heavy atom. The standard InChI is InChI=1S/C25H24N2O2S/c1-3-29-25(28)23-17(2)19-12-7-8-13-20(19)27-21(23)16-26-24(22-14-9-15-30-22)18-10-5-4-6-11-18/h4-15,24,26H,3,16H2,1-2H3/t24-/m0/s1. The first-order valence-electron chi connectivity index (χ1n) is 10.1. The molecule has 4 aromatic rings. The summed E-state index contributed by atoms with van der Waals surface area (Å²) < 4.78 is 5.36. The highest BCUT2D eigenvalue weighted by Gasteiger charge is 2.22. The summed E-state index contributed by atoms with van der Waals surface area (Å²) in [5.41, 5.74) is 4.23. The second-order valence-corrected chi connectivity index (χ2v) is 8.02. The summed E-state index contributed by atoms with van der Waals surface area (Å²) >= 11 is 1.71. The van der Waals surface area contributed by atoms with Gasteiger partial charge < -0.3 is 4.74 Å². The average Bonchev–Trinajstić information content (AvgIpc) is 3.29. The number of esters is 1. The second kappa shape index (κ2) is 9.20. The van der Waals surface area contributed by atoms with Gasteiger partial charge in [-0.25, -0.2) is 4.79 Å². The number of para-hydroxylation sites is 1. The zero-order valence-electron chi connectivity index (χ0n) is 17.1. The molecule has 0 fully saturated rings. The summed E-state index contributed by atoms with van der Waals surface area (Å²) in [7, 11) is 0. The van der Waals surface area contributed by atoms with E-state index in [0.717, 1.165) is 16.5 Å². The van der Waals surface area contributed by atoms with Gasteiger partial charge in [-0.05, 0) is 42.5 Å². The van der Waals surface area contributed by atoms with Crippen molar-refractivity contribution in [3.05, 3.63) is 99.4 Å². The molecule has 0 aliphatic carbocycles. The minimum absolute atomic E-state index is 0.0230. The molecule has 0 amide bonds. The van der Waals surface area contributed by atoms with Gasteiger partial charge in [-0.1, -0.05) is 54.6 Å². The maximum absolute atomic E-state index is 12.8. The number of hydrogen-bond acceptors (Lipinski definition) is 5. The molecule has 2 heterocycles. The van der Waals surface area contributed by atoms with Crippen LogP contribution in [0.3, 0.4) is 0 Å². The normalized spacial score (nSPS) is 12.1. The SMILES string of the molecule is CCOC(=O)c1c(CN[C@@H](c2ccccc2)c2cccs2)nc2ccccc2c1C. The molecule has 2 aromatic heterocycles. The van der Waals surface area contributed by atoms with Gasteiger partial charge in [0.2, 0.25) is 0 Å². The number of hydrogen-bond donors (Lipinski definition) is 1. The molecule has 0 unspecified atom stereocenters. The highest BCUT2D eigenvalue weighted by Crippen LogP contribution is 2.28. The Morgan fingerprint density at radius 3 is 2.57 bits per heavy atom. The first kappa shape index (κ1) is 20.3. The first-order valence-corrected chi connectivity index (χ1v) is 10.9. The summed E-state index contributed by atoms with van der Waals surface area (Å²) in [6.45, 7) is 4.58. The van der Waals surface area contributed by atoms with Crippen molar-refractivity contribution in [3.63, 3.8) is 0 Å². The third-order valence-corrected chi connectivity index (χ3v) is 6.08. The molecule has 0 radical (unpaired) electrons. The first-order chi connectivity index (χ1) is 14.7. The van der Waals surface area contributed by atoms with Gasteiger partial charge in [0.05, 0.1) is 29.4 Å². The van der Waals surface area contributed by atoms with E-state index in [-0.39, 0.29) is 12.0 Å². The van der Waals surface area contributed by atoms with E-state index in [0.29, 0.717) is 24.4 Å². The fourth-order valence-corrected chi connectivity index (χ4v) is 4.55. The predicted molar refractivity (Wildman–Crippen MR) is 122 cm³/mol. The van der Waals surface area contributed by atoms with Crippen molar-refractivity contribution in [1.29, 1.82) is 0 Å². The van der Waals surface area contributed by atoms with Crippen LogP contribution in [0.4, 0.5) is 0 Å². The Balaban J connectivity index is 1.73. The Morgan fingerprint density at radius 1 is 1.07 bits per heavy atom. The number of benzene rings is 2. The van der Waals surface area contributed by atoms with Crippen LogP contribution in [0.2, 0.25) is 0 Å². The zero-order chi connectivity index (χ0) is 20.9. The number of rotatable bonds is 7. The largest absolute Gasteiger partial charge is 0.462 e. The van der Waals surface area contributed by atoms with Crippen molar-refractivity contribution in [2.75, 3.05) is 6.61 Å². The number of thiophene rings is 1. The van der Waals surface area contributed by atoms with Crippen molar-refractivity contribution in [3.8, 4) is 0 Å². The fourth-order valence-electron chi connectivity index (χ4n) is 3.73. The summed E-state index contributed by atoms with van der Waals surface area (Å²) in [5.74, 6) is -0.322. The molecule has 0 bridgehead atoms. The Kier molecular flexibility index (Phi) is 6.21. The fraction of sp³-hybridized carbons (Fsp3) is 0.200. The molecule has 0 saturated carbocycles. The molecule has 0 saturated heterocycles. The summed E-state index contributed by atoms with van der Waals surface area (Å²) in [4.78, 5) is 18.8. The molecular weight excluding hydrogens is 392 g/mol. The molecule has 1 atom stereocenters. The molecule has 4 nitrogen and oxygen atoms in total. The maximum Gasteiger partial charge on any atom is 0.340 e. The van der Waals surface area contributed by atoms with Gasteiger partial charge >= 0.3 is 5.97 Å². The Hall–Kier alpha value is -3.02. The molecular formula is C25H24N2O2S. The van der Waals surface area contributed by atoms with E-state index in [9.17, 15) is 4.79 Å². The van der Waals surface area contributed by atoms with E-state index in [1.807, 2.05) is 56.3 Å². The van der Waals surface area contributed by atoms with Crippen LogP contribution in [-0.2, 0) is 11.3 Å². The number of carbonyl (C=O) groups excluding carboxylic acids is 1. The monoisotopic (exact) mass is 416 g/mol. The van der Waals surface area contributed by atoms with Crippen molar-refractivity contribution < 1.29 is 9.53 Å². The van der Waals surface area contributed by atoms with Crippen LogP contribution in [0.5, 0.6) is 0 Å². The van der Waals surface area contributed by atoms with Crippen LogP contribution in [-0.4, -0.2) is 17.6 Å². The number of ether oxygens (including phenoxy) is 1. The number of aryl methyl sites for hydroxylation is 1. The quantitative estimate of drug-likeness (QED) is 0.395. The van der Waals surface area contributed by atoms with E-state index >= 15 is 0 Å². The Labute approximate surface area is 180 Å². The lowest BCUT2D eigenvalue weighted by molar-refractivity contribution is 0.0523. The number of pyridine rings is 1. The Bertz CT molecular complexity index is 1140. The van der Waals surface area contributed by atoms with Crippen LogP contribution < -0.4 is 5.32 Å². The predicted octanol–water partition coefficient (Wildman–Crippen LogP) is 5.66. The zero-order valence-corrected chi connectivity index (χ0v) is 17.9. The molecule has 0 aliphatic heterocycles. The number of fused-ring (bicyclic) bond motifs is 1. The maximum atomic E-state index is 12.8.